The van der Waals surface area contributed by atoms with Crippen LogP contribution in [0.4, 0.5) is 10.5 Å². The summed E-state index contributed by atoms with van der Waals surface area (Å²) in [6.45, 7) is 4.13. The Labute approximate surface area is 212 Å². The molecule has 2 N–H and O–H groups in total. The number of benzene rings is 2. The van der Waals surface area contributed by atoms with Gasteiger partial charge in [-0.3, -0.25) is 9.69 Å². The molecule has 2 heterocycles. The number of nitrogens with zero attached hydrogens (tertiary/aromatic N) is 4. The zero-order valence-electron chi connectivity index (χ0n) is 21.1. The minimum atomic E-state index is -0.137. The molecule has 5 rings (SSSR count). The molecule has 0 spiro atoms. The molecule has 2 aromatic carbocycles. The lowest BCUT2D eigenvalue weighted by Crippen LogP contribution is -2.49. The Bertz CT molecular complexity index is 1190. The number of imidazole rings is 1. The molecule has 190 valence electrons. The van der Waals surface area contributed by atoms with Crippen molar-refractivity contribution in [3.8, 4) is 0 Å². The van der Waals surface area contributed by atoms with E-state index in [9.17, 15) is 9.59 Å². The first-order chi connectivity index (χ1) is 17.6. The van der Waals surface area contributed by atoms with E-state index in [1.807, 2.05) is 60.5 Å². The lowest BCUT2D eigenvalue weighted by molar-refractivity contribution is 0.0637. The maximum Gasteiger partial charge on any atom is 0.319 e. The molecule has 1 saturated carbocycles. The van der Waals surface area contributed by atoms with Crippen molar-refractivity contribution in [3.63, 3.8) is 0 Å². The third kappa shape index (κ3) is 5.70. The van der Waals surface area contributed by atoms with Crippen molar-refractivity contribution in [2.45, 2.75) is 44.6 Å². The van der Waals surface area contributed by atoms with Gasteiger partial charge in [0, 0.05) is 63.5 Å². The summed E-state index contributed by atoms with van der Waals surface area (Å²) in [7, 11) is 2.05. The summed E-state index contributed by atoms with van der Waals surface area (Å²) in [5, 5.41) is 6.08. The molecule has 8 nitrogen and oxygen atoms in total. The number of carbonyl (C=O) groups is 2. The van der Waals surface area contributed by atoms with Gasteiger partial charge < -0.3 is 20.1 Å². The van der Waals surface area contributed by atoms with E-state index in [-0.39, 0.29) is 18.0 Å². The smallest absolute Gasteiger partial charge is 0.319 e. The molecule has 1 saturated heterocycles. The van der Waals surface area contributed by atoms with Gasteiger partial charge in [0.1, 0.15) is 5.82 Å². The summed E-state index contributed by atoms with van der Waals surface area (Å²) >= 11 is 0. The van der Waals surface area contributed by atoms with E-state index in [4.69, 9.17) is 4.98 Å². The number of urea groups is 1. The van der Waals surface area contributed by atoms with Crippen LogP contribution < -0.4 is 10.6 Å². The lowest BCUT2D eigenvalue weighted by Gasteiger charge is -2.34. The van der Waals surface area contributed by atoms with E-state index in [2.05, 4.69) is 20.1 Å². The summed E-state index contributed by atoms with van der Waals surface area (Å²) in [5.74, 6) is 1.14. The molecular formula is C28H36N6O2. The summed E-state index contributed by atoms with van der Waals surface area (Å²) in [6, 6.07) is 15.6. The average Bonchev–Trinajstić information content (AvgIpc) is 3.23. The maximum absolute atomic E-state index is 12.7. The molecule has 1 aromatic heterocycles. The summed E-state index contributed by atoms with van der Waals surface area (Å²) in [5.41, 5.74) is 3.47. The van der Waals surface area contributed by atoms with Gasteiger partial charge in [-0.05, 0) is 43.2 Å². The number of aryl methyl sites for hydroxylation is 1. The molecule has 2 fully saturated rings. The molecule has 0 radical (unpaired) electrons. The maximum atomic E-state index is 12.7. The molecule has 0 bridgehead atoms. The zero-order valence-corrected chi connectivity index (χ0v) is 21.1. The zero-order chi connectivity index (χ0) is 24.9. The number of rotatable bonds is 6. The van der Waals surface area contributed by atoms with Crippen molar-refractivity contribution in [3.05, 3.63) is 59.9 Å². The quantitative estimate of drug-likeness (QED) is 0.549. The van der Waals surface area contributed by atoms with Crippen LogP contribution in [0.15, 0.2) is 48.5 Å². The highest BCUT2D eigenvalue weighted by atomic mass is 16.2. The molecule has 8 heteroatoms. The van der Waals surface area contributed by atoms with E-state index in [0.29, 0.717) is 0 Å². The number of nitrogens with one attached hydrogen (secondary N) is 2. The van der Waals surface area contributed by atoms with Crippen LogP contribution in [0.5, 0.6) is 0 Å². The molecule has 0 unspecified atom stereocenters. The van der Waals surface area contributed by atoms with Crippen molar-refractivity contribution in [1.29, 1.82) is 0 Å². The average molecular weight is 489 g/mol. The van der Waals surface area contributed by atoms with Gasteiger partial charge >= 0.3 is 6.03 Å². The Hall–Kier alpha value is -3.39. The predicted molar refractivity (Wildman–Crippen MR) is 142 cm³/mol. The molecule has 3 amide bonds. The number of piperazine rings is 1. The van der Waals surface area contributed by atoms with Crippen LogP contribution in [0, 0.1) is 0 Å². The topological polar surface area (TPSA) is 82.5 Å². The van der Waals surface area contributed by atoms with Gasteiger partial charge in [-0.1, -0.05) is 37.5 Å². The Morgan fingerprint density at radius 3 is 2.47 bits per heavy atom. The number of hydrogen-bond acceptors (Lipinski definition) is 4. The second-order valence-corrected chi connectivity index (χ2v) is 9.97. The van der Waals surface area contributed by atoms with Gasteiger partial charge in [0.15, 0.2) is 0 Å². The van der Waals surface area contributed by atoms with Crippen LogP contribution in [0.25, 0.3) is 11.0 Å². The number of amides is 3. The van der Waals surface area contributed by atoms with Crippen molar-refractivity contribution in [2.24, 2.45) is 7.05 Å². The number of anilines is 1. The standard InChI is InChI=1S/C28H36N6O2/c1-32-25-13-12-23(30-28(36)29-22-10-6-3-7-11-22)20-24(25)31-26(32)14-15-33-16-18-34(19-17-33)27(35)21-8-4-2-5-9-21/h2,4-5,8-9,12-13,20,22H,3,6-7,10-11,14-19H2,1H3,(H2,29,30,36). The third-order valence-corrected chi connectivity index (χ3v) is 7.50. The van der Waals surface area contributed by atoms with Crippen LogP contribution in [0.1, 0.15) is 48.3 Å². The molecule has 2 aliphatic rings. The van der Waals surface area contributed by atoms with E-state index in [1.165, 1.54) is 19.3 Å². The fourth-order valence-corrected chi connectivity index (χ4v) is 5.35. The second kappa shape index (κ2) is 11.1. The van der Waals surface area contributed by atoms with Crippen LogP contribution >= 0.6 is 0 Å². The van der Waals surface area contributed by atoms with Crippen molar-refractivity contribution in [2.75, 3.05) is 38.0 Å². The third-order valence-electron chi connectivity index (χ3n) is 7.50. The Morgan fingerprint density at radius 2 is 1.72 bits per heavy atom. The minimum absolute atomic E-state index is 0.113. The molecule has 1 aliphatic carbocycles. The Balaban J connectivity index is 1.14. The van der Waals surface area contributed by atoms with Gasteiger partial charge in [-0.25, -0.2) is 9.78 Å². The van der Waals surface area contributed by atoms with Gasteiger partial charge in [0.05, 0.1) is 11.0 Å². The summed E-state index contributed by atoms with van der Waals surface area (Å²) in [4.78, 5) is 34.3. The number of fused-ring (bicyclic) bond motifs is 1. The van der Waals surface area contributed by atoms with Crippen LogP contribution in [-0.2, 0) is 13.5 Å². The molecule has 36 heavy (non-hydrogen) atoms. The molecule has 0 atom stereocenters. The lowest BCUT2D eigenvalue weighted by atomic mass is 9.96. The first-order valence-corrected chi connectivity index (χ1v) is 13.2. The van der Waals surface area contributed by atoms with Crippen molar-refractivity contribution < 1.29 is 9.59 Å². The number of hydrogen-bond donors (Lipinski definition) is 2. The van der Waals surface area contributed by atoms with Crippen LogP contribution in [-0.4, -0.2) is 70.1 Å². The Kier molecular flexibility index (Phi) is 7.51. The number of carbonyl (C=O) groups excluding carboxylic acids is 2. The van der Waals surface area contributed by atoms with Crippen LogP contribution in [0.2, 0.25) is 0 Å². The summed E-state index contributed by atoms with van der Waals surface area (Å²) in [6.07, 6.45) is 6.61. The predicted octanol–water partition coefficient (Wildman–Crippen LogP) is 4.03. The van der Waals surface area contributed by atoms with Gasteiger partial charge in [0.2, 0.25) is 0 Å². The highest BCUT2D eigenvalue weighted by Gasteiger charge is 2.22. The van der Waals surface area contributed by atoms with Gasteiger partial charge in [-0.15, -0.1) is 0 Å². The SMILES string of the molecule is Cn1c(CCN2CCN(C(=O)c3ccccc3)CC2)nc2cc(NC(=O)NC3CCCCC3)ccc21. The van der Waals surface area contributed by atoms with Gasteiger partial charge in [0.25, 0.3) is 5.91 Å². The molecule has 3 aromatic rings. The van der Waals surface area contributed by atoms with E-state index >= 15 is 0 Å². The van der Waals surface area contributed by atoms with E-state index in [0.717, 1.165) is 80.1 Å². The first-order valence-electron chi connectivity index (χ1n) is 13.2. The largest absolute Gasteiger partial charge is 0.336 e. The molecule has 1 aliphatic heterocycles. The first kappa shape index (κ1) is 24.3. The summed E-state index contributed by atoms with van der Waals surface area (Å²) < 4.78 is 2.14. The minimum Gasteiger partial charge on any atom is -0.336 e. The highest BCUT2D eigenvalue weighted by Crippen LogP contribution is 2.21. The highest BCUT2D eigenvalue weighted by molar-refractivity contribution is 5.94. The molecular weight excluding hydrogens is 452 g/mol. The Morgan fingerprint density at radius 1 is 0.972 bits per heavy atom. The fraction of sp³-hybridized carbons (Fsp3) is 0.464. The van der Waals surface area contributed by atoms with Crippen LogP contribution in [0.3, 0.4) is 0 Å². The van der Waals surface area contributed by atoms with Gasteiger partial charge in [-0.2, -0.15) is 0 Å². The van der Waals surface area contributed by atoms with E-state index in [1.54, 1.807) is 0 Å². The fourth-order valence-electron chi connectivity index (χ4n) is 5.35. The normalized spacial score (nSPS) is 17.3. The monoisotopic (exact) mass is 488 g/mol. The number of aromatic nitrogens is 2. The van der Waals surface area contributed by atoms with Crippen molar-refractivity contribution in [1.82, 2.24) is 24.7 Å². The second-order valence-electron chi connectivity index (χ2n) is 9.97. The van der Waals surface area contributed by atoms with Crippen molar-refractivity contribution >= 4 is 28.7 Å². The van der Waals surface area contributed by atoms with E-state index < -0.39 is 0 Å².